The van der Waals surface area contributed by atoms with Gasteiger partial charge in [0.05, 0.1) is 17.7 Å². The molecule has 0 spiro atoms. The summed E-state index contributed by atoms with van der Waals surface area (Å²) >= 11 is 3.21. The van der Waals surface area contributed by atoms with E-state index in [1.165, 1.54) is 24.3 Å². The molecule has 0 aromatic heterocycles. The van der Waals surface area contributed by atoms with Crippen molar-refractivity contribution in [1.29, 1.82) is 0 Å². The Morgan fingerprint density at radius 2 is 1.88 bits per heavy atom. The molecule has 136 valence electrons. The Morgan fingerprint density at radius 3 is 2.50 bits per heavy atom. The summed E-state index contributed by atoms with van der Waals surface area (Å²) < 4.78 is 41.3. The van der Waals surface area contributed by atoms with E-state index < -0.39 is 35.5 Å². The van der Waals surface area contributed by atoms with Gasteiger partial charge in [-0.25, -0.2) is 0 Å². The smallest absolute Gasteiger partial charge is 0.438 e. The average Bonchev–Trinajstić information content (AvgIpc) is 2.94. The number of aromatic hydroxyl groups is 1. The van der Waals surface area contributed by atoms with E-state index in [9.17, 15) is 28.2 Å². The maximum Gasteiger partial charge on any atom is 0.438 e. The third-order valence-electron chi connectivity index (χ3n) is 3.92. The fourth-order valence-corrected chi connectivity index (χ4v) is 2.98. The van der Waals surface area contributed by atoms with Crippen LogP contribution >= 0.6 is 15.9 Å². The van der Waals surface area contributed by atoms with Crippen LogP contribution in [0.2, 0.25) is 0 Å². The van der Waals surface area contributed by atoms with Gasteiger partial charge >= 0.3 is 6.18 Å². The van der Waals surface area contributed by atoms with Gasteiger partial charge in [0.25, 0.3) is 11.6 Å². The monoisotopic (exact) mass is 428 g/mol. The summed E-state index contributed by atoms with van der Waals surface area (Å²) in [7, 11) is 0. The highest BCUT2D eigenvalue weighted by Crippen LogP contribution is 2.42. The molecule has 5 nitrogen and oxygen atoms in total. The summed E-state index contributed by atoms with van der Waals surface area (Å²) in [6.45, 7) is 0. The quantitative estimate of drug-likeness (QED) is 0.766. The normalized spacial score (nSPS) is 20.2. The van der Waals surface area contributed by atoms with Gasteiger partial charge in [-0.2, -0.15) is 23.3 Å². The van der Waals surface area contributed by atoms with E-state index in [1.54, 1.807) is 12.1 Å². The van der Waals surface area contributed by atoms with Crippen LogP contribution in [0.1, 0.15) is 22.3 Å². The molecular weight excluding hydrogens is 417 g/mol. The van der Waals surface area contributed by atoms with Gasteiger partial charge in [0, 0.05) is 4.47 Å². The van der Waals surface area contributed by atoms with Crippen molar-refractivity contribution in [2.45, 2.75) is 18.3 Å². The van der Waals surface area contributed by atoms with Crippen LogP contribution in [-0.4, -0.2) is 38.7 Å². The van der Waals surface area contributed by atoms with E-state index >= 15 is 0 Å². The molecule has 0 bridgehead atoms. The molecule has 1 unspecified atom stereocenters. The van der Waals surface area contributed by atoms with Crippen molar-refractivity contribution in [3.63, 3.8) is 0 Å². The standard InChI is InChI=1S/C17H12BrF3N2O3/c18-11-5-3-4-10(8-11)13-9-16(26,17(19,20)21)23(22-13)15(25)12-6-1-2-7-14(12)24/h1-8,24,26H,9H2. The maximum atomic E-state index is 13.6. The topological polar surface area (TPSA) is 73.1 Å². The minimum absolute atomic E-state index is 0.0156. The molecule has 0 aliphatic carbocycles. The molecule has 1 heterocycles. The highest BCUT2D eigenvalue weighted by molar-refractivity contribution is 9.10. The molecule has 0 fully saturated rings. The zero-order valence-electron chi connectivity index (χ0n) is 13.0. The average molecular weight is 429 g/mol. The lowest BCUT2D eigenvalue weighted by atomic mass is 10.0. The summed E-state index contributed by atoms with van der Waals surface area (Å²) in [4.78, 5) is 12.6. The number of alkyl halides is 3. The van der Waals surface area contributed by atoms with Gasteiger partial charge in [-0.3, -0.25) is 4.79 Å². The predicted octanol–water partition coefficient (Wildman–Crippen LogP) is 3.66. The Labute approximate surface area is 154 Å². The number of halogens is 4. The van der Waals surface area contributed by atoms with Crippen molar-refractivity contribution < 1.29 is 28.2 Å². The number of hydrogen-bond acceptors (Lipinski definition) is 4. The van der Waals surface area contributed by atoms with Crippen molar-refractivity contribution in [2.24, 2.45) is 5.10 Å². The SMILES string of the molecule is O=C(c1ccccc1O)N1N=C(c2cccc(Br)c2)CC1(O)C(F)(F)F. The Kier molecular flexibility index (Phi) is 4.53. The van der Waals surface area contributed by atoms with E-state index in [0.29, 0.717) is 10.0 Å². The minimum atomic E-state index is -5.15. The first-order valence-electron chi connectivity index (χ1n) is 7.38. The Hall–Kier alpha value is -2.39. The third kappa shape index (κ3) is 3.08. The molecule has 26 heavy (non-hydrogen) atoms. The molecule has 1 atom stereocenters. The third-order valence-corrected chi connectivity index (χ3v) is 4.42. The number of hydrogen-bond donors (Lipinski definition) is 2. The molecular formula is C17H12BrF3N2O3. The highest BCUT2D eigenvalue weighted by atomic mass is 79.9. The van der Waals surface area contributed by atoms with Crippen LogP contribution in [0.15, 0.2) is 58.1 Å². The van der Waals surface area contributed by atoms with Gasteiger partial charge in [0.2, 0.25) is 0 Å². The van der Waals surface area contributed by atoms with Crippen molar-refractivity contribution in [2.75, 3.05) is 0 Å². The lowest BCUT2D eigenvalue weighted by Gasteiger charge is -2.32. The van der Waals surface area contributed by atoms with E-state index in [2.05, 4.69) is 21.0 Å². The first-order chi connectivity index (χ1) is 12.1. The number of para-hydroxylation sites is 1. The number of phenols is 1. The molecule has 2 N–H and O–H groups in total. The number of carbonyl (C=O) groups excluding carboxylic acids is 1. The number of phenolic OH excluding ortho intramolecular Hbond substituents is 1. The summed E-state index contributed by atoms with van der Waals surface area (Å²) in [6.07, 6.45) is -6.07. The fourth-order valence-electron chi connectivity index (χ4n) is 2.58. The van der Waals surface area contributed by atoms with Crippen LogP contribution in [0.25, 0.3) is 0 Å². The molecule has 3 rings (SSSR count). The van der Waals surface area contributed by atoms with Gasteiger partial charge < -0.3 is 10.2 Å². The van der Waals surface area contributed by atoms with E-state index in [4.69, 9.17) is 0 Å². The number of aliphatic hydroxyl groups is 1. The largest absolute Gasteiger partial charge is 0.507 e. The first-order valence-corrected chi connectivity index (χ1v) is 8.18. The van der Waals surface area contributed by atoms with Gasteiger partial charge in [-0.15, -0.1) is 0 Å². The molecule has 0 saturated carbocycles. The van der Waals surface area contributed by atoms with Crippen LogP contribution in [0.4, 0.5) is 13.2 Å². The second-order valence-electron chi connectivity index (χ2n) is 5.68. The molecule has 0 saturated heterocycles. The van der Waals surface area contributed by atoms with Gasteiger partial charge in [-0.1, -0.05) is 40.2 Å². The van der Waals surface area contributed by atoms with Crippen LogP contribution in [-0.2, 0) is 0 Å². The second kappa shape index (κ2) is 6.40. The molecule has 2 aromatic carbocycles. The molecule has 2 aromatic rings. The van der Waals surface area contributed by atoms with Crippen molar-refractivity contribution in [3.8, 4) is 5.75 Å². The first kappa shape index (κ1) is 18.4. The lowest BCUT2D eigenvalue weighted by Crippen LogP contribution is -2.56. The van der Waals surface area contributed by atoms with Crippen molar-refractivity contribution >= 4 is 27.5 Å². The van der Waals surface area contributed by atoms with Crippen LogP contribution in [0, 0.1) is 0 Å². The molecule has 1 aliphatic heterocycles. The number of carbonyl (C=O) groups is 1. The number of benzene rings is 2. The number of amides is 1. The number of nitrogens with zero attached hydrogens (tertiary/aromatic N) is 2. The fraction of sp³-hybridized carbons (Fsp3) is 0.176. The summed E-state index contributed by atoms with van der Waals surface area (Å²) in [6, 6.07) is 11.5. The predicted molar refractivity (Wildman–Crippen MR) is 90.6 cm³/mol. The minimum Gasteiger partial charge on any atom is -0.507 e. The number of hydrazone groups is 1. The summed E-state index contributed by atoms with van der Waals surface area (Å²) in [5, 5.41) is 23.8. The maximum absolute atomic E-state index is 13.6. The van der Waals surface area contributed by atoms with Gasteiger partial charge in [-0.05, 0) is 29.8 Å². The Morgan fingerprint density at radius 1 is 1.19 bits per heavy atom. The van der Waals surface area contributed by atoms with Crippen molar-refractivity contribution in [1.82, 2.24) is 5.01 Å². The molecule has 1 aliphatic rings. The van der Waals surface area contributed by atoms with Gasteiger partial charge in [0.1, 0.15) is 5.75 Å². The molecule has 0 radical (unpaired) electrons. The van der Waals surface area contributed by atoms with Crippen LogP contribution in [0.5, 0.6) is 5.75 Å². The molecule has 9 heteroatoms. The van der Waals surface area contributed by atoms with Crippen molar-refractivity contribution in [3.05, 3.63) is 64.1 Å². The van der Waals surface area contributed by atoms with E-state index in [1.807, 2.05) is 0 Å². The highest BCUT2D eigenvalue weighted by Gasteiger charge is 2.63. The van der Waals surface area contributed by atoms with E-state index in [-0.39, 0.29) is 10.7 Å². The Balaban J connectivity index is 2.09. The van der Waals surface area contributed by atoms with Crippen LogP contribution in [0.3, 0.4) is 0 Å². The number of rotatable bonds is 2. The summed E-state index contributed by atoms with van der Waals surface area (Å²) in [5.74, 6) is -1.76. The lowest BCUT2D eigenvalue weighted by molar-refractivity contribution is -0.297. The van der Waals surface area contributed by atoms with E-state index in [0.717, 1.165) is 12.1 Å². The van der Waals surface area contributed by atoms with Gasteiger partial charge in [0.15, 0.2) is 0 Å². The second-order valence-corrected chi connectivity index (χ2v) is 6.60. The van der Waals surface area contributed by atoms with Crippen LogP contribution < -0.4 is 0 Å². The summed E-state index contributed by atoms with van der Waals surface area (Å²) in [5.41, 5.74) is -3.68. The molecule has 1 amide bonds. The zero-order chi connectivity index (χ0) is 19.1. The zero-order valence-corrected chi connectivity index (χ0v) is 14.6. The Bertz CT molecular complexity index is 901.